The van der Waals surface area contributed by atoms with E-state index in [-0.39, 0.29) is 29.7 Å². The largest absolute Gasteiger partial charge is 0.351 e. The van der Waals surface area contributed by atoms with E-state index in [1.165, 1.54) is 11.8 Å². The highest BCUT2D eigenvalue weighted by Crippen LogP contribution is 2.50. The first kappa shape index (κ1) is 18.0. The zero-order chi connectivity index (χ0) is 20.4. The smallest absolute Gasteiger partial charge is 0.235 e. The second-order valence-corrected chi connectivity index (χ2v) is 8.25. The van der Waals surface area contributed by atoms with E-state index in [9.17, 15) is 14.4 Å². The molecule has 2 saturated heterocycles. The molecule has 1 aromatic heterocycles. The van der Waals surface area contributed by atoms with Crippen molar-refractivity contribution < 1.29 is 14.4 Å². The number of carbonyl (C=O) groups excluding carboxylic acids is 3. The Morgan fingerprint density at radius 1 is 1.17 bits per heavy atom. The van der Waals surface area contributed by atoms with Crippen LogP contribution < -0.4 is 4.90 Å². The van der Waals surface area contributed by atoms with Crippen molar-refractivity contribution in [3.8, 4) is 0 Å². The molecule has 6 nitrogen and oxygen atoms in total. The zero-order valence-electron chi connectivity index (χ0n) is 16.7. The summed E-state index contributed by atoms with van der Waals surface area (Å²) in [6, 6.07) is 6.73. The van der Waals surface area contributed by atoms with E-state index in [0.717, 1.165) is 22.2 Å². The first-order valence-corrected chi connectivity index (χ1v) is 10.2. The molecular weight excluding hydrogens is 366 g/mol. The van der Waals surface area contributed by atoms with Crippen molar-refractivity contribution in [3.63, 3.8) is 0 Å². The molecule has 2 amide bonds. The molecule has 2 fully saturated rings. The number of aromatic nitrogens is 1. The average Bonchev–Trinajstić information content (AvgIpc) is 3.20. The molecule has 5 unspecified atom stereocenters. The van der Waals surface area contributed by atoms with Crippen molar-refractivity contribution in [2.75, 3.05) is 4.90 Å². The van der Waals surface area contributed by atoms with Crippen LogP contribution in [0.25, 0.3) is 17.0 Å². The van der Waals surface area contributed by atoms with E-state index in [0.29, 0.717) is 6.42 Å². The van der Waals surface area contributed by atoms with Gasteiger partial charge in [0.05, 0.1) is 29.1 Å². The fourth-order valence-corrected chi connectivity index (χ4v) is 5.28. The number of imide groups is 1. The highest BCUT2D eigenvalue weighted by molar-refractivity contribution is 6.12. The summed E-state index contributed by atoms with van der Waals surface area (Å²) in [5.74, 6) is -1.65. The molecule has 5 atom stereocenters. The third-order valence-corrected chi connectivity index (χ3v) is 6.72. The number of hydrogen-bond acceptors (Lipinski definition) is 5. The third-order valence-electron chi connectivity index (χ3n) is 6.72. The number of rotatable bonds is 3. The van der Waals surface area contributed by atoms with Gasteiger partial charge in [0.2, 0.25) is 11.8 Å². The van der Waals surface area contributed by atoms with Crippen LogP contribution in [0.5, 0.6) is 0 Å². The maximum atomic E-state index is 13.3. The van der Waals surface area contributed by atoms with Gasteiger partial charge in [0, 0.05) is 17.6 Å². The molecule has 1 aromatic carbocycles. The van der Waals surface area contributed by atoms with Gasteiger partial charge in [-0.3, -0.25) is 24.3 Å². The van der Waals surface area contributed by atoms with E-state index in [1.54, 1.807) is 6.20 Å². The summed E-state index contributed by atoms with van der Waals surface area (Å²) in [5.41, 5.74) is 2.60. The number of carbonyl (C=O) groups is 3. The van der Waals surface area contributed by atoms with Crippen LogP contribution in [0, 0.1) is 11.8 Å². The topological polar surface area (TPSA) is 70.6 Å². The maximum Gasteiger partial charge on any atom is 0.235 e. The Morgan fingerprint density at radius 3 is 2.66 bits per heavy atom. The molecule has 0 spiro atoms. The van der Waals surface area contributed by atoms with Gasteiger partial charge in [0.25, 0.3) is 0 Å². The second kappa shape index (κ2) is 6.24. The minimum absolute atomic E-state index is 0.0937. The number of Topliss-reactive ketones (excluding diaryl/α,β-unsaturated/α-hetero) is 1. The summed E-state index contributed by atoms with van der Waals surface area (Å²) < 4.78 is 0. The molecule has 3 aliphatic rings. The van der Waals surface area contributed by atoms with Gasteiger partial charge in [-0.2, -0.15) is 0 Å². The predicted octanol–water partition coefficient (Wildman–Crippen LogP) is 2.81. The molecule has 0 bridgehead atoms. The number of hydrogen-bond donors (Lipinski definition) is 0. The van der Waals surface area contributed by atoms with Gasteiger partial charge in [0.1, 0.15) is 6.04 Å². The first-order chi connectivity index (χ1) is 14.0. The quantitative estimate of drug-likeness (QED) is 0.755. The number of benzene rings is 1. The van der Waals surface area contributed by atoms with Crippen molar-refractivity contribution in [3.05, 3.63) is 42.1 Å². The van der Waals surface area contributed by atoms with Crippen molar-refractivity contribution >= 4 is 40.3 Å². The molecule has 6 heteroatoms. The minimum Gasteiger partial charge on any atom is -0.351 e. The fraction of sp³-hybridized carbons (Fsp3) is 0.391. The second-order valence-electron chi connectivity index (χ2n) is 8.25. The molecule has 0 radical (unpaired) electrons. The summed E-state index contributed by atoms with van der Waals surface area (Å²) >= 11 is 0. The lowest BCUT2D eigenvalue weighted by Gasteiger charge is -2.37. The van der Waals surface area contributed by atoms with E-state index >= 15 is 0 Å². The van der Waals surface area contributed by atoms with Crippen molar-refractivity contribution in [2.45, 2.75) is 45.3 Å². The van der Waals surface area contributed by atoms with Crippen LogP contribution in [0.3, 0.4) is 0 Å². The number of likely N-dealkylation sites (tertiary alicyclic amines) is 1. The normalized spacial score (nSPS) is 28.5. The highest BCUT2D eigenvalue weighted by atomic mass is 16.2. The summed E-state index contributed by atoms with van der Waals surface area (Å²) in [5, 5.41) is 0.971. The molecule has 148 valence electrons. The van der Waals surface area contributed by atoms with Crippen LogP contribution in [-0.2, 0) is 14.4 Å². The molecule has 29 heavy (non-hydrogen) atoms. The molecule has 3 aliphatic heterocycles. The van der Waals surface area contributed by atoms with Gasteiger partial charge in [-0.05, 0) is 31.9 Å². The fourth-order valence-electron chi connectivity index (χ4n) is 5.28. The molecule has 2 aromatic rings. The Morgan fingerprint density at radius 2 is 1.93 bits per heavy atom. The van der Waals surface area contributed by atoms with Crippen molar-refractivity contribution in [2.24, 2.45) is 11.8 Å². The molecule has 4 heterocycles. The average molecular weight is 389 g/mol. The monoisotopic (exact) mass is 389 g/mol. The first-order valence-electron chi connectivity index (χ1n) is 10.2. The van der Waals surface area contributed by atoms with Crippen molar-refractivity contribution in [1.82, 2.24) is 9.88 Å². The maximum absolute atomic E-state index is 13.3. The lowest BCUT2D eigenvalue weighted by atomic mass is 9.88. The van der Waals surface area contributed by atoms with E-state index in [1.807, 2.05) is 55.2 Å². The number of nitrogens with zero attached hydrogens (tertiary/aromatic N) is 3. The van der Waals surface area contributed by atoms with Gasteiger partial charge in [-0.15, -0.1) is 0 Å². The van der Waals surface area contributed by atoms with Crippen LogP contribution in [-0.4, -0.2) is 45.6 Å². The molecule has 0 saturated carbocycles. The SMILES string of the molecule is CCC(C)N1C(=O)C2C(C1=O)C(C(C)=O)N1c3c(ccc4cccnc34)C=CC21. The van der Waals surface area contributed by atoms with Crippen molar-refractivity contribution in [1.29, 1.82) is 0 Å². The molecule has 0 N–H and O–H groups in total. The molecule has 0 aliphatic carbocycles. The number of ketones is 1. The summed E-state index contributed by atoms with van der Waals surface area (Å²) in [6.45, 7) is 5.37. The Labute approximate surface area is 169 Å². The standard InChI is InChI=1S/C23H23N3O3/c1-4-12(2)25-22(28)17-16-10-9-15-8-7-14-6-5-11-24-19(14)21(15)26(16)20(13(3)27)18(17)23(25)29/h5-12,16-18,20H,4H2,1-3H3. The van der Waals surface area contributed by atoms with Gasteiger partial charge in [-0.1, -0.05) is 37.3 Å². The lowest BCUT2D eigenvalue weighted by Crippen LogP contribution is -2.49. The number of fused-ring (bicyclic) bond motifs is 7. The molecular formula is C23H23N3O3. The van der Waals surface area contributed by atoms with E-state index in [4.69, 9.17) is 0 Å². The van der Waals surface area contributed by atoms with Crippen LogP contribution in [0.15, 0.2) is 36.5 Å². The van der Waals surface area contributed by atoms with Gasteiger partial charge < -0.3 is 4.90 Å². The van der Waals surface area contributed by atoms with Crippen LogP contribution in [0.1, 0.15) is 32.8 Å². The Bertz CT molecular complexity index is 1090. The third kappa shape index (κ3) is 2.29. The van der Waals surface area contributed by atoms with E-state index in [2.05, 4.69) is 4.98 Å². The lowest BCUT2D eigenvalue weighted by molar-refractivity contribution is -0.143. The van der Waals surface area contributed by atoms with Gasteiger partial charge in [0.15, 0.2) is 5.78 Å². The molecule has 5 rings (SSSR count). The van der Waals surface area contributed by atoms with E-state index < -0.39 is 17.9 Å². The Hall–Kier alpha value is -3.02. The number of pyridine rings is 1. The Kier molecular flexibility index (Phi) is 3.88. The summed E-state index contributed by atoms with van der Waals surface area (Å²) in [4.78, 5) is 47.4. The van der Waals surface area contributed by atoms with Crippen LogP contribution in [0.4, 0.5) is 5.69 Å². The van der Waals surface area contributed by atoms with Crippen LogP contribution in [0.2, 0.25) is 0 Å². The highest BCUT2D eigenvalue weighted by Gasteiger charge is 2.64. The zero-order valence-corrected chi connectivity index (χ0v) is 16.7. The Balaban J connectivity index is 1.71. The van der Waals surface area contributed by atoms with Crippen LogP contribution >= 0.6 is 0 Å². The van der Waals surface area contributed by atoms with Gasteiger partial charge >= 0.3 is 0 Å². The summed E-state index contributed by atoms with van der Waals surface area (Å²) in [6.07, 6.45) is 6.40. The minimum atomic E-state index is -0.660. The number of anilines is 1. The predicted molar refractivity (Wildman–Crippen MR) is 110 cm³/mol. The van der Waals surface area contributed by atoms with Gasteiger partial charge in [-0.25, -0.2) is 0 Å². The number of amides is 2. The summed E-state index contributed by atoms with van der Waals surface area (Å²) in [7, 11) is 0.